The van der Waals surface area contributed by atoms with Crippen molar-refractivity contribution in [3.05, 3.63) is 38.1 Å². The largest absolute Gasteiger partial charge is 0.466 e. The number of halogens is 1. The van der Waals surface area contributed by atoms with E-state index in [9.17, 15) is 4.79 Å². The monoisotopic (exact) mass is 422 g/mol. The van der Waals surface area contributed by atoms with Crippen molar-refractivity contribution in [3.8, 4) is 5.88 Å². The smallest absolute Gasteiger partial charge is 0.260 e. The molecular weight excluding hydrogens is 404 g/mol. The van der Waals surface area contributed by atoms with E-state index in [0.717, 1.165) is 31.0 Å². The van der Waals surface area contributed by atoms with Crippen molar-refractivity contribution in [1.82, 2.24) is 19.7 Å². The molecule has 0 N–H and O–H groups in total. The maximum Gasteiger partial charge on any atom is 0.260 e. The van der Waals surface area contributed by atoms with Crippen LogP contribution in [0.5, 0.6) is 5.88 Å². The summed E-state index contributed by atoms with van der Waals surface area (Å²) in [5, 5.41) is 5.22. The SMILES string of the molecule is Cc1cc(C)c2c(OCC(=O)N(C)Cc3ccc(Br)s3)nn(C)c2n1. The Morgan fingerprint density at radius 2 is 2.16 bits per heavy atom. The lowest BCUT2D eigenvalue weighted by Gasteiger charge is -2.16. The van der Waals surface area contributed by atoms with Gasteiger partial charge in [-0.15, -0.1) is 16.4 Å². The third-order valence-corrected chi connectivity index (χ3v) is 5.48. The number of aromatic nitrogens is 3. The van der Waals surface area contributed by atoms with Gasteiger partial charge in [-0.1, -0.05) is 0 Å². The molecule has 0 saturated carbocycles. The molecule has 3 rings (SSSR count). The minimum atomic E-state index is -0.0963. The molecule has 3 aromatic rings. The van der Waals surface area contributed by atoms with Crippen LogP contribution in [0.15, 0.2) is 22.0 Å². The van der Waals surface area contributed by atoms with Gasteiger partial charge in [-0.05, 0) is 53.5 Å². The van der Waals surface area contributed by atoms with Crippen LogP contribution in [-0.2, 0) is 18.4 Å². The summed E-state index contributed by atoms with van der Waals surface area (Å²) in [4.78, 5) is 19.6. The zero-order valence-electron chi connectivity index (χ0n) is 14.5. The number of aryl methyl sites for hydroxylation is 3. The zero-order valence-corrected chi connectivity index (χ0v) is 16.9. The lowest BCUT2D eigenvalue weighted by Crippen LogP contribution is -2.30. The summed E-state index contributed by atoms with van der Waals surface area (Å²) >= 11 is 5.05. The van der Waals surface area contributed by atoms with Gasteiger partial charge < -0.3 is 9.64 Å². The molecule has 8 heteroatoms. The third kappa shape index (κ3) is 3.85. The summed E-state index contributed by atoms with van der Waals surface area (Å²) < 4.78 is 8.45. The van der Waals surface area contributed by atoms with Gasteiger partial charge in [0.1, 0.15) is 0 Å². The van der Waals surface area contributed by atoms with E-state index < -0.39 is 0 Å². The topological polar surface area (TPSA) is 60.2 Å². The standard InChI is InChI=1S/C17H19BrN4O2S/c1-10-7-11(2)19-16-15(10)17(20-22(16)4)24-9-14(23)21(3)8-12-5-6-13(18)25-12/h5-7H,8-9H2,1-4H3. The summed E-state index contributed by atoms with van der Waals surface area (Å²) in [7, 11) is 3.59. The van der Waals surface area contributed by atoms with Crippen molar-refractivity contribution in [2.75, 3.05) is 13.7 Å². The quantitative estimate of drug-likeness (QED) is 0.631. The van der Waals surface area contributed by atoms with Crippen molar-refractivity contribution in [3.63, 3.8) is 0 Å². The first kappa shape index (κ1) is 17.9. The summed E-state index contributed by atoms with van der Waals surface area (Å²) in [6, 6.07) is 5.97. The molecule has 0 bridgehead atoms. The van der Waals surface area contributed by atoms with Gasteiger partial charge in [-0.3, -0.25) is 4.79 Å². The highest BCUT2D eigenvalue weighted by Crippen LogP contribution is 2.27. The molecule has 6 nitrogen and oxygen atoms in total. The number of hydrogen-bond acceptors (Lipinski definition) is 5. The molecule has 1 amide bonds. The third-order valence-electron chi connectivity index (χ3n) is 3.87. The Kier molecular flexibility index (Phi) is 5.10. The predicted molar refractivity (Wildman–Crippen MR) is 102 cm³/mol. The fourth-order valence-electron chi connectivity index (χ4n) is 2.65. The molecule has 0 unspecified atom stereocenters. The van der Waals surface area contributed by atoms with Gasteiger partial charge in [0.2, 0.25) is 5.88 Å². The van der Waals surface area contributed by atoms with E-state index in [2.05, 4.69) is 26.0 Å². The Morgan fingerprint density at radius 1 is 1.40 bits per heavy atom. The first-order valence-electron chi connectivity index (χ1n) is 7.77. The summed E-state index contributed by atoms with van der Waals surface area (Å²) in [6.07, 6.45) is 0. The average molecular weight is 423 g/mol. The van der Waals surface area contributed by atoms with Crippen LogP contribution in [0.3, 0.4) is 0 Å². The lowest BCUT2D eigenvalue weighted by atomic mass is 10.2. The maximum absolute atomic E-state index is 12.4. The van der Waals surface area contributed by atoms with Crippen molar-refractivity contribution >= 4 is 44.2 Å². The van der Waals surface area contributed by atoms with Gasteiger partial charge in [0, 0.05) is 24.7 Å². The van der Waals surface area contributed by atoms with Crippen LogP contribution in [0.25, 0.3) is 11.0 Å². The predicted octanol–water partition coefficient (Wildman–Crippen LogP) is 3.45. The molecule has 25 heavy (non-hydrogen) atoms. The number of nitrogens with zero attached hydrogens (tertiary/aromatic N) is 4. The lowest BCUT2D eigenvalue weighted by molar-refractivity contribution is -0.132. The Bertz CT molecular complexity index is 934. The van der Waals surface area contributed by atoms with E-state index in [-0.39, 0.29) is 12.5 Å². The average Bonchev–Trinajstić information content (AvgIpc) is 3.08. The number of thiophene rings is 1. The minimum absolute atomic E-state index is 0.0531. The molecule has 0 fully saturated rings. The minimum Gasteiger partial charge on any atom is -0.466 e. The molecular formula is C17H19BrN4O2S. The van der Waals surface area contributed by atoms with Crippen LogP contribution < -0.4 is 4.74 Å². The molecule has 0 aliphatic carbocycles. The van der Waals surface area contributed by atoms with Crippen LogP contribution in [0, 0.1) is 13.8 Å². The highest BCUT2D eigenvalue weighted by Gasteiger charge is 2.17. The van der Waals surface area contributed by atoms with Gasteiger partial charge in [0.25, 0.3) is 5.91 Å². The molecule has 0 spiro atoms. The number of fused-ring (bicyclic) bond motifs is 1. The van der Waals surface area contributed by atoms with Crippen molar-refractivity contribution in [2.24, 2.45) is 7.05 Å². The highest BCUT2D eigenvalue weighted by molar-refractivity contribution is 9.11. The zero-order chi connectivity index (χ0) is 18.1. The number of likely N-dealkylation sites (N-methyl/N-ethyl adjacent to an activating group) is 1. The highest BCUT2D eigenvalue weighted by atomic mass is 79.9. The van der Waals surface area contributed by atoms with Gasteiger partial charge in [0.15, 0.2) is 12.3 Å². The molecule has 0 saturated heterocycles. The number of pyridine rings is 1. The second-order valence-corrected chi connectivity index (χ2v) is 8.50. The Balaban J connectivity index is 1.71. The van der Waals surface area contributed by atoms with E-state index in [1.807, 2.05) is 39.1 Å². The number of carbonyl (C=O) groups is 1. The molecule has 132 valence electrons. The van der Waals surface area contributed by atoms with E-state index in [4.69, 9.17) is 4.74 Å². The fraction of sp³-hybridized carbons (Fsp3) is 0.353. The molecule has 3 aromatic heterocycles. The van der Waals surface area contributed by atoms with Crippen molar-refractivity contribution < 1.29 is 9.53 Å². The molecule has 0 aliphatic rings. The Hall–Kier alpha value is -1.93. The summed E-state index contributed by atoms with van der Waals surface area (Å²) in [5.41, 5.74) is 2.73. The van der Waals surface area contributed by atoms with Crippen LogP contribution >= 0.6 is 27.3 Å². The molecule has 0 atom stereocenters. The van der Waals surface area contributed by atoms with Crippen molar-refractivity contribution in [2.45, 2.75) is 20.4 Å². The Morgan fingerprint density at radius 3 is 2.84 bits per heavy atom. The van der Waals surface area contributed by atoms with Crippen LogP contribution in [0.1, 0.15) is 16.1 Å². The second kappa shape index (κ2) is 7.13. The van der Waals surface area contributed by atoms with Crippen molar-refractivity contribution in [1.29, 1.82) is 0 Å². The van der Waals surface area contributed by atoms with Gasteiger partial charge in [-0.25, -0.2) is 9.67 Å². The number of ether oxygens (including phenoxy) is 1. The van der Waals surface area contributed by atoms with E-state index in [1.165, 1.54) is 0 Å². The van der Waals surface area contributed by atoms with Crippen LogP contribution in [0.2, 0.25) is 0 Å². The van der Waals surface area contributed by atoms with Gasteiger partial charge in [-0.2, -0.15) is 0 Å². The second-order valence-electron chi connectivity index (χ2n) is 5.95. The first-order chi connectivity index (χ1) is 11.8. The number of hydrogen-bond donors (Lipinski definition) is 0. The first-order valence-corrected chi connectivity index (χ1v) is 9.38. The Labute approximate surface area is 158 Å². The molecule has 0 aliphatic heterocycles. The number of amides is 1. The van der Waals surface area contributed by atoms with E-state index >= 15 is 0 Å². The molecule has 0 radical (unpaired) electrons. The number of rotatable bonds is 5. The molecule has 3 heterocycles. The van der Waals surface area contributed by atoms with Crippen LogP contribution in [0.4, 0.5) is 0 Å². The number of carbonyl (C=O) groups excluding carboxylic acids is 1. The normalized spacial score (nSPS) is 11.1. The van der Waals surface area contributed by atoms with Gasteiger partial charge >= 0.3 is 0 Å². The summed E-state index contributed by atoms with van der Waals surface area (Å²) in [5.74, 6) is 0.351. The fourth-order valence-corrected chi connectivity index (χ4v) is 4.19. The van der Waals surface area contributed by atoms with E-state index in [1.54, 1.807) is 28.0 Å². The van der Waals surface area contributed by atoms with E-state index in [0.29, 0.717) is 12.4 Å². The van der Waals surface area contributed by atoms with Crippen LogP contribution in [-0.4, -0.2) is 39.2 Å². The van der Waals surface area contributed by atoms with Gasteiger partial charge in [0.05, 0.1) is 15.7 Å². The molecule has 0 aromatic carbocycles. The summed E-state index contributed by atoms with van der Waals surface area (Å²) in [6.45, 7) is 4.44. The maximum atomic E-state index is 12.4.